The number of nitrogens with one attached hydrogen (secondary N) is 1. The van der Waals surface area contributed by atoms with Crippen LogP contribution >= 0.6 is 12.4 Å². The van der Waals surface area contributed by atoms with Crippen molar-refractivity contribution in [1.29, 1.82) is 0 Å². The highest BCUT2D eigenvalue weighted by Gasteiger charge is 2.38. The number of methoxy groups -OCH3 is 1. The van der Waals surface area contributed by atoms with Gasteiger partial charge in [0.1, 0.15) is 6.61 Å². The average Bonchev–Trinajstić information content (AvgIpc) is 2.33. The Morgan fingerprint density at radius 1 is 1.47 bits per heavy atom. The van der Waals surface area contributed by atoms with Crippen molar-refractivity contribution >= 4 is 18.5 Å². The number of cyclic esters (lactones) is 1. The van der Waals surface area contributed by atoms with Crippen LogP contribution in [0.1, 0.15) is 25.5 Å². The van der Waals surface area contributed by atoms with Crippen molar-refractivity contribution in [2.24, 2.45) is 5.41 Å². The van der Waals surface area contributed by atoms with Crippen LogP contribution in [0, 0.1) is 11.2 Å². The van der Waals surface area contributed by atoms with Crippen LogP contribution in [0.3, 0.4) is 0 Å². The first-order valence-corrected chi connectivity index (χ1v) is 5.71. The van der Waals surface area contributed by atoms with Gasteiger partial charge < -0.3 is 14.8 Å². The summed E-state index contributed by atoms with van der Waals surface area (Å²) in [5.41, 5.74) is 0.534. The maximum absolute atomic E-state index is 13.4. The van der Waals surface area contributed by atoms with Crippen molar-refractivity contribution in [1.82, 2.24) is 5.32 Å². The molecule has 1 heterocycles. The molecule has 1 atom stereocenters. The number of rotatable bonds is 2. The predicted octanol–water partition coefficient (Wildman–Crippen LogP) is 3.06. The van der Waals surface area contributed by atoms with E-state index in [-0.39, 0.29) is 29.6 Å². The zero-order valence-corrected chi connectivity index (χ0v) is 11.8. The number of halogens is 2. The number of carbonyl (C=O) groups excluding carboxylic acids is 1. The van der Waals surface area contributed by atoms with E-state index in [9.17, 15) is 9.18 Å². The van der Waals surface area contributed by atoms with Crippen LogP contribution in [-0.2, 0) is 4.74 Å². The van der Waals surface area contributed by atoms with Crippen molar-refractivity contribution in [3.63, 3.8) is 0 Å². The molecule has 1 N–H and O–H groups in total. The van der Waals surface area contributed by atoms with E-state index in [4.69, 9.17) is 9.47 Å². The van der Waals surface area contributed by atoms with Crippen molar-refractivity contribution in [2.75, 3.05) is 13.7 Å². The summed E-state index contributed by atoms with van der Waals surface area (Å²) in [6.45, 7) is 4.28. The summed E-state index contributed by atoms with van der Waals surface area (Å²) in [7, 11) is 1.41. The van der Waals surface area contributed by atoms with Gasteiger partial charge in [-0.1, -0.05) is 19.9 Å². The quantitative estimate of drug-likeness (QED) is 0.910. The third-order valence-electron chi connectivity index (χ3n) is 3.13. The Hall–Kier alpha value is -1.49. The fraction of sp³-hybridized carbons (Fsp3) is 0.462. The Labute approximate surface area is 117 Å². The van der Waals surface area contributed by atoms with Crippen LogP contribution in [0.5, 0.6) is 5.75 Å². The summed E-state index contributed by atoms with van der Waals surface area (Å²) < 4.78 is 23.3. The number of ether oxygens (including phenoxy) is 2. The Morgan fingerprint density at radius 2 is 2.16 bits per heavy atom. The summed E-state index contributed by atoms with van der Waals surface area (Å²) >= 11 is 0. The van der Waals surface area contributed by atoms with Crippen molar-refractivity contribution < 1.29 is 18.7 Å². The molecule has 19 heavy (non-hydrogen) atoms. The number of alkyl carbamates (subject to hydrolysis) is 1. The molecule has 1 aliphatic rings. The lowest BCUT2D eigenvalue weighted by Crippen LogP contribution is -2.46. The molecular formula is C13H17ClFNO3. The first-order valence-electron chi connectivity index (χ1n) is 5.71. The van der Waals surface area contributed by atoms with Crippen LogP contribution < -0.4 is 10.1 Å². The molecule has 1 aromatic rings. The van der Waals surface area contributed by atoms with Gasteiger partial charge in [0, 0.05) is 5.41 Å². The molecule has 1 aromatic carbocycles. The lowest BCUT2D eigenvalue weighted by molar-refractivity contribution is 0.0386. The number of amides is 1. The Balaban J connectivity index is 0.00000180. The van der Waals surface area contributed by atoms with Crippen LogP contribution in [-0.4, -0.2) is 19.8 Å². The first-order chi connectivity index (χ1) is 8.44. The van der Waals surface area contributed by atoms with E-state index in [0.717, 1.165) is 5.56 Å². The lowest BCUT2D eigenvalue weighted by atomic mass is 9.80. The molecule has 1 saturated heterocycles. The maximum atomic E-state index is 13.4. The second-order valence-corrected chi connectivity index (χ2v) is 5.04. The third-order valence-corrected chi connectivity index (χ3v) is 3.13. The molecular weight excluding hydrogens is 273 g/mol. The van der Waals surface area contributed by atoms with Gasteiger partial charge in [0.15, 0.2) is 11.6 Å². The lowest BCUT2D eigenvalue weighted by Gasteiger charge is -2.38. The zero-order valence-electron chi connectivity index (χ0n) is 11.0. The zero-order chi connectivity index (χ0) is 13.3. The molecule has 0 spiro atoms. The van der Waals surface area contributed by atoms with Crippen LogP contribution in [0.2, 0.25) is 0 Å². The molecule has 0 aromatic heterocycles. The van der Waals surface area contributed by atoms with Crippen LogP contribution in [0.25, 0.3) is 0 Å². The van der Waals surface area contributed by atoms with Gasteiger partial charge in [0.25, 0.3) is 0 Å². The van der Waals surface area contributed by atoms with Crippen LogP contribution in [0.15, 0.2) is 18.2 Å². The molecule has 1 fully saturated rings. The molecule has 1 amide bonds. The third kappa shape index (κ3) is 3.10. The molecule has 6 heteroatoms. The SMILES string of the molecule is COc1cc([C@@H]2NC(=O)OCC2(C)C)ccc1F.Cl. The van der Waals surface area contributed by atoms with Crippen molar-refractivity contribution in [2.45, 2.75) is 19.9 Å². The molecule has 4 nitrogen and oxygen atoms in total. The second kappa shape index (κ2) is 5.65. The van der Waals surface area contributed by atoms with Crippen molar-refractivity contribution in [3.05, 3.63) is 29.6 Å². The molecule has 0 aliphatic carbocycles. The summed E-state index contributed by atoms with van der Waals surface area (Å²) in [5.74, 6) is -0.249. The van der Waals surface area contributed by atoms with E-state index in [1.165, 1.54) is 13.2 Å². The van der Waals surface area contributed by atoms with Gasteiger partial charge in [-0.3, -0.25) is 0 Å². The number of hydrogen-bond acceptors (Lipinski definition) is 3. The summed E-state index contributed by atoms with van der Waals surface area (Å²) in [5, 5.41) is 2.75. The fourth-order valence-electron chi connectivity index (χ4n) is 2.08. The highest BCUT2D eigenvalue weighted by Crippen LogP contribution is 2.37. The average molecular weight is 290 g/mol. The molecule has 0 saturated carbocycles. The summed E-state index contributed by atoms with van der Waals surface area (Å²) in [6.07, 6.45) is -0.456. The van der Waals surface area contributed by atoms with E-state index < -0.39 is 11.9 Å². The minimum absolute atomic E-state index is 0. The van der Waals surface area contributed by atoms with E-state index >= 15 is 0 Å². The summed E-state index contributed by atoms with van der Waals surface area (Å²) in [4.78, 5) is 11.3. The molecule has 0 bridgehead atoms. The van der Waals surface area contributed by atoms with E-state index in [0.29, 0.717) is 6.61 Å². The number of benzene rings is 1. The largest absolute Gasteiger partial charge is 0.494 e. The Morgan fingerprint density at radius 3 is 2.79 bits per heavy atom. The molecule has 2 rings (SSSR count). The predicted molar refractivity (Wildman–Crippen MR) is 71.2 cm³/mol. The topological polar surface area (TPSA) is 47.6 Å². The minimum atomic E-state index is -0.456. The minimum Gasteiger partial charge on any atom is -0.494 e. The first kappa shape index (κ1) is 15.6. The molecule has 106 valence electrons. The van der Waals surface area contributed by atoms with Gasteiger partial charge >= 0.3 is 6.09 Å². The second-order valence-electron chi connectivity index (χ2n) is 5.04. The van der Waals surface area contributed by atoms with E-state index in [1.54, 1.807) is 12.1 Å². The van der Waals surface area contributed by atoms with Gasteiger partial charge in [0.05, 0.1) is 13.2 Å². The molecule has 0 unspecified atom stereocenters. The van der Waals surface area contributed by atoms with Gasteiger partial charge in [-0.2, -0.15) is 0 Å². The van der Waals surface area contributed by atoms with Gasteiger partial charge in [-0.15, -0.1) is 12.4 Å². The fourth-order valence-corrected chi connectivity index (χ4v) is 2.08. The number of carbonyl (C=O) groups is 1. The van der Waals surface area contributed by atoms with Crippen LogP contribution in [0.4, 0.5) is 9.18 Å². The summed E-state index contributed by atoms with van der Waals surface area (Å²) in [6, 6.07) is 4.36. The molecule has 0 radical (unpaired) electrons. The highest BCUT2D eigenvalue weighted by atomic mass is 35.5. The van der Waals surface area contributed by atoms with Gasteiger partial charge in [-0.25, -0.2) is 9.18 Å². The Bertz CT molecular complexity index is 479. The van der Waals surface area contributed by atoms with Gasteiger partial charge in [-0.05, 0) is 17.7 Å². The monoisotopic (exact) mass is 289 g/mol. The molecule has 1 aliphatic heterocycles. The normalized spacial score (nSPS) is 20.8. The number of hydrogen-bond donors (Lipinski definition) is 1. The standard InChI is InChI=1S/C13H16FNO3.ClH/c1-13(2)7-18-12(16)15-11(13)8-4-5-9(14)10(6-8)17-3;/h4-6,11H,7H2,1-3H3,(H,15,16);1H/t11-;/m0./s1. The van der Waals surface area contributed by atoms with Crippen molar-refractivity contribution in [3.8, 4) is 5.75 Å². The smallest absolute Gasteiger partial charge is 0.407 e. The highest BCUT2D eigenvalue weighted by molar-refractivity contribution is 5.85. The van der Waals surface area contributed by atoms with Gasteiger partial charge in [0.2, 0.25) is 0 Å². The Kier molecular flexibility index (Phi) is 4.63. The van der Waals surface area contributed by atoms with E-state index in [2.05, 4.69) is 5.32 Å². The van der Waals surface area contributed by atoms with E-state index in [1.807, 2.05) is 13.8 Å². The maximum Gasteiger partial charge on any atom is 0.407 e.